The van der Waals surface area contributed by atoms with Gasteiger partial charge in [0.1, 0.15) is 0 Å². The van der Waals surface area contributed by atoms with E-state index in [1.165, 1.54) is 0 Å². The second-order valence-corrected chi connectivity index (χ2v) is 2.57. The third-order valence-corrected chi connectivity index (χ3v) is 1.01. The van der Waals surface area contributed by atoms with Gasteiger partial charge in [0, 0.05) is 22.8 Å². The van der Waals surface area contributed by atoms with E-state index in [4.69, 9.17) is 10.8 Å². The van der Waals surface area contributed by atoms with Gasteiger partial charge in [-0.1, -0.05) is 13.8 Å². The number of hydrogen-bond donors (Lipinski definition) is 2. The second-order valence-electron chi connectivity index (χ2n) is 2.57. The molecule has 0 rings (SSSR count). The maximum absolute atomic E-state index is 8.46. The van der Waals surface area contributed by atoms with Crippen molar-refractivity contribution in [1.82, 2.24) is 0 Å². The van der Waals surface area contributed by atoms with Crippen LogP contribution in [0.25, 0.3) is 0 Å². The Morgan fingerprint density at radius 2 is 1.89 bits per heavy atom. The summed E-state index contributed by atoms with van der Waals surface area (Å²) in [6.45, 7) is 4.29. The van der Waals surface area contributed by atoms with Crippen molar-refractivity contribution >= 4 is 0 Å². The summed E-state index contributed by atoms with van der Waals surface area (Å²) in [6, 6.07) is -0.0185. The van der Waals surface area contributed by atoms with E-state index in [0.717, 1.165) is 6.42 Å². The Hall–Kier alpha value is 0.426. The summed E-state index contributed by atoms with van der Waals surface area (Å²) >= 11 is 0. The smallest absolute Gasteiger partial charge is 0.0582 e. The standard InChI is InChI=1S/C6H15NO.Co/c1-5(2)3-6(7)4-8;/h5-6,8H,3-4,7H2,1-2H3;/t6-;/m0./s1. The topological polar surface area (TPSA) is 46.2 Å². The van der Waals surface area contributed by atoms with Crippen molar-refractivity contribution in [2.75, 3.05) is 6.61 Å². The first-order valence-corrected chi connectivity index (χ1v) is 3.03. The molecule has 0 fully saturated rings. The molecular formula is C6H15CoNO. The van der Waals surface area contributed by atoms with Gasteiger partial charge in [-0.15, -0.1) is 0 Å². The van der Waals surface area contributed by atoms with E-state index in [-0.39, 0.29) is 29.4 Å². The number of rotatable bonds is 3. The van der Waals surface area contributed by atoms with E-state index >= 15 is 0 Å². The fourth-order valence-corrected chi connectivity index (χ4v) is 0.680. The molecule has 1 radical (unpaired) electrons. The van der Waals surface area contributed by atoms with Crippen LogP contribution in [0.2, 0.25) is 0 Å². The van der Waals surface area contributed by atoms with E-state index in [2.05, 4.69) is 13.8 Å². The van der Waals surface area contributed by atoms with Gasteiger partial charge in [0.2, 0.25) is 0 Å². The first-order valence-electron chi connectivity index (χ1n) is 3.03. The average molecular weight is 176 g/mol. The fraction of sp³-hybridized carbons (Fsp3) is 1.00. The molecule has 0 unspecified atom stereocenters. The van der Waals surface area contributed by atoms with Crippen LogP contribution in [0.1, 0.15) is 20.3 Å². The molecule has 9 heavy (non-hydrogen) atoms. The fourth-order valence-electron chi connectivity index (χ4n) is 0.680. The molecule has 0 aromatic carbocycles. The maximum Gasteiger partial charge on any atom is 0.0582 e. The van der Waals surface area contributed by atoms with E-state index in [1.807, 2.05) is 0 Å². The molecule has 0 saturated heterocycles. The quantitative estimate of drug-likeness (QED) is 0.651. The number of nitrogens with two attached hydrogens (primary N) is 1. The molecule has 0 aromatic rings. The Kier molecular flexibility index (Phi) is 8.83. The Morgan fingerprint density at radius 3 is 2.00 bits per heavy atom. The second kappa shape index (κ2) is 6.55. The minimum Gasteiger partial charge on any atom is -0.395 e. The Bertz CT molecular complexity index is 59.0. The van der Waals surface area contributed by atoms with Gasteiger partial charge in [-0.05, 0) is 12.3 Å². The summed E-state index contributed by atoms with van der Waals surface area (Å²) < 4.78 is 0. The molecule has 0 spiro atoms. The number of aliphatic hydroxyl groups is 1. The molecule has 0 aromatic heterocycles. The van der Waals surface area contributed by atoms with Crippen LogP contribution in [-0.4, -0.2) is 17.8 Å². The first-order chi connectivity index (χ1) is 3.66. The van der Waals surface area contributed by atoms with Crippen molar-refractivity contribution < 1.29 is 21.9 Å². The first kappa shape index (κ1) is 12.1. The predicted octanol–water partition coefficient (Wildman–Crippen LogP) is 0.350. The van der Waals surface area contributed by atoms with E-state index < -0.39 is 0 Å². The SMILES string of the molecule is CC(C)C[C@H](N)CO.[Co]. The summed E-state index contributed by atoms with van der Waals surface area (Å²) in [6.07, 6.45) is 0.913. The molecule has 0 bridgehead atoms. The molecule has 0 aliphatic carbocycles. The van der Waals surface area contributed by atoms with Gasteiger partial charge in [-0.3, -0.25) is 0 Å². The average Bonchev–Trinajstić information content (AvgIpc) is 1.65. The third-order valence-electron chi connectivity index (χ3n) is 1.01. The summed E-state index contributed by atoms with van der Waals surface area (Å²) in [7, 11) is 0. The van der Waals surface area contributed by atoms with Crippen LogP contribution in [0.15, 0.2) is 0 Å². The van der Waals surface area contributed by atoms with Crippen molar-refractivity contribution in [2.24, 2.45) is 11.7 Å². The van der Waals surface area contributed by atoms with Crippen LogP contribution in [0.4, 0.5) is 0 Å². The van der Waals surface area contributed by atoms with Crippen LogP contribution in [-0.2, 0) is 16.8 Å². The van der Waals surface area contributed by atoms with Crippen LogP contribution >= 0.6 is 0 Å². The number of aliphatic hydroxyl groups excluding tert-OH is 1. The zero-order valence-electron chi connectivity index (χ0n) is 5.93. The summed E-state index contributed by atoms with van der Waals surface area (Å²) in [5.74, 6) is 0.595. The van der Waals surface area contributed by atoms with Crippen LogP contribution < -0.4 is 5.73 Å². The molecule has 0 aliphatic heterocycles. The van der Waals surface area contributed by atoms with Crippen molar-refractivity contribution in [1.29, 1.82) is 0 Å². The van der Waals surface area contributed by atoms with Gasteiger partial charge in [-0.25, -0.2) is 0 Å². The Balaban J connectivity index is 0. The van der Waals surface area contributed by atoms with Crippen LogP contribution in [0.5, 0.6) is 0 Å². The molecule has 3 N–H and O–H groups in total. The van der Waals surface area contributed by atoms with Crippen molar-refractivity contribution in [3.05, 3.63) is 0 Å². The molecular weight excluding hydrogens is 161 g/mol. The normalized spacial score (nSPS) is 13.0. The van der Waals surface area contributed by atoms with Crippen molar-refractivity contribution in [3.8, 4) is 0 Å². The van der Waals surface area contributed by atoms with Gasteiger partial charge in [0.05, 0.1) is 6.61 Å². The third kappa shape index (κ3) is 8.43. The molecule has 59 valence electrons. The van der Waals surface area contributed by atoms with Gasteiger partial charge in [0.25, 0.3) is 0 Å². The van der Waals surface area contributed by atoms with Crippen molar-refractivity contribution in [2.45, 2.75) is 26.3 Å². The molecule has 0 amide bonds. The van der Waals surface area contributed by atoms with Gasteiger partial charge >= 0.3 is 0 Å². The minimum atomic E-state index is -0.0185. The van der Waals surface area contributed by atoms with Crippen LogP contribution in [0, 0.1) is 5.92 Å². The van der Waals surface area contributed by atoms with Gasteiger partial charge < -0.3 is 10.8 Å². The molecule has 2 nitrogen and oxygen atoms in total. The van der Waals surface area contributed by atoms with E-state index in [9.17, 15) is 0 Å². The predicted molar refractivity (Wildman–Crippen MR) is 34.5 cm³/mol. The minimum absolute atomic E-state index is 0. The van der Waals surface area contributed by atoms with E-state index in [1.54, 1.807) is 0 Å². The van der Waals surface area contributed by atoms with E-state index in [0.29, 0.717) is 5.92 Å². The Morgan fingerprint density at radius 1 is 1.44 bits per heavy atom. The Labute approximate surface area is 67.0 Å². The molecule has 0 saturated carbocycles. The summed E-state index contributed by atoms with van der Waals surface area (Å²) in [5, 5.41) is 8.46. The monoisotopic (exact) mass is 176 g/mol. The molecule has 0 aliphatic rings. The van der Waals surface area contributed by atoms with Crippen molar-refractivity contribution in [3.63, 3.8) is 0 Å². The van der Waals surface area contributed by atoms with Crippen LogP contribution in [0.3, 0.4) is 0 Å². The molecule has 1 atom stereocenters. The number of hydrogen-bond acceptors (Lipinski definition) is 2. The zero-order chi connectivity index (χ0) is 6.57. The summed E-state index contributed by atoms with van der Waals surface area (Å²) in [4.78, 5) is 0. The molecule has 3 heteroatoms. The van der Waals surface area contributed by atoms with Gasteiger partial charge in [0.15, 0.2) is 0 Å². The largest absolute Gasteiger partial charge is 0.395 e. The summed E-state index contributed by atoms with van der Waals surface area (Å²) in [5.41, 5.74) is 5.42. The van der Waals surface area contributed by atoms with Gasteiger partial charge in [-0.2, -0.15) is 0 Å². The zero-order valence-corrected chi connectivity index (χ0v) is 6.97. The maximum atomic E-state index is 8.46. The molecule has 0 heterocycles.